The lowest BCUT2D eigenvalue weighted by molar-refractivity contribution is 0.0728. The Balaban J connectivity index is 1.80. The first kappa shape index (κ1) is 12.6. The summed E-state index contributed by atoms with van der Waals surface area (Å²) in [5.74, 6) is 0.789. The van der Waals surface area contributed by atoms with Gasteiger partial charge in [-0.15, -0.1) is 0 Å². The van der Waals surface area contributed by atoms with Gasteiger partial charge in [-0.2, -0.15) is 0 Å². The van der Waals surface area contributed by atoms with Gasteiger partial charge in [0.1, 0.15) is 11.4 Å². The van der Waals surface area contributed by atoms with E-state index in [-0.39, 0.29) is 5.91 Å². The Hall–Kier alpha value is -2.43. The molecule has 1 amide bonds. The molecule has 1 aromatic heterocycles. The molecular formula is C15H15N3O2. The second-order valence-corrected chi connectivity index (χ2v) is 4.70. The van der Waals surface area contributed by atoms with Crippen LogP contribution in [0.4, 0.5) is 0 Å². The van der Waals surface area contributed by atoms with E-state index in [4.69, 9.17) is 4.74 Å². The molecule has 0 bridgehead atoms. The summed E-state index contributed by atoms with van der Waals surface area (Å²) in [5, 5.41) is 0. The zero-order valence-electron chi connectivity index (χ0n) is 11.2. The molecule has 0 radical (unpaired) electrons. The van der Waals surface area contributed by atoms with Gasteiger partial charge in [-0.3, -0.25) is 9.78 Å². The molecular weight excluding hydrogens is 254 g/mol. The van der Waals surface area contributed by atoms with Crippen molar-refractivity contribution < 1.29 is 9.53 Å². The minimum Gasteiger partial charge on any atom is -0.497 e. The Kier molecular flexibility index (Phi) is 3.33. The lowest BCUT2D eigenvalue weighted by Crippen LogP contribution is -2.36. The number of fused-ring (bicyclic) bond motifs is 1. The highest BCUT2D eigenvalue weighted by molar-refractivity contribution is 5.92. The first-order chi connectivity index (χ1) is 9.78. The molecule has 0 unspecified atom stereocenters. The maximum absolute atomic E-state index is 12.3. The number of hydrogen-bond acceptors (Lipinski definition) is 4. The van der Waals surface area contributed by atoms with E-state index in [1.165, 1.54) is 18.0 Å². The fraction of sp³-hybridized carbons (Fsp3) is 0.267. The third-order valence-corrected chi connectivity index (χ3v) is 3.50. The number of ether oxygens (including phenoxy) is 1. The van der Waals surface area contributed by atoms with Crippen molar-refractivity contribution in [2.75, 3.05) is 13.7 Å². The van der Waals surface area contributed by atoms with Gasteiger partial charge < -0.3 is 9.64 Å². The fourth-order valence-electron chi connectivity index (χ4n) is 2.40. The number of amides is 1. The van der Waals surface area contributed by atoms with Crippen LogP contribution in [0.1, 0.15) is 21.6 Å². The van der Waals surface area contributed by atoms with Crippen molar-refractivity contribution in [2.24, 2.45) is 0 Å². The quantitative estimate of drug-likeness (QED) is 0.832. The zero-order valence-corrected chi connectivity index (χ0v) is 11.2. The monoisotopic (exact) mass is 269 g/mol. The molecule has 0 N–H and O–H groups in total. The largest absolute Gasteiger partial charge is 0.497 e. The molecule has 0 atom stereocenters. The molecule has 0 fully saturated rings. The summed E-state index contributed by atoms with van der Waals surface area (Å²) in [6, 6.07) is 5.99. The van der Waals surface area contributed by atoms with Crippen LogP contribution < -0.4 is 4.74 Å². The van der Waals surface area contributed by atoms with E-state index in [0.29, 0.717) is 18.8 Å². The second kappa shape index (κ2) is 5.28. The number of aromatic nitrogens is 2. The Labute approximate surface area is 117 Å². The summed E-state index contributed by atoms with van der Waals surface area (Å²) in [7, 11) is 1.66. The average molecular weight is 269 g/mol. The molecule has 2 aromatic rings. The lowest BCUT2D eigenvalue weighted by atomic mass is 9.99. The topological polar surface area (TPSA) is 55.3 Å². The number of rotatable bonds is 2. The molecule has 0 saturated heterocycles. The van der Waals surface area contributed by atoms with Crippen molar-refractivity contribution in [3.05, 3.63) is 53.6 Å². The van der Waals surface area contributed by atoms with Gasteiger partial charge in [0, 0.05) is 25.5 Å². The highest BCUT2D eigenvalue weighted by atomic mass is 16.5. The van der Waals surface area contributed by atoms with Crippen molar-refractivity contribution >= 4 is 5.91 Å². The van der Waals surface area contributed by atoms with Crippen molar-refractivity contribution in [3.63, 3.8) is 0 Å². The number of benzene rings is 1. The minimum absolute atomic E-state index is 0.0698. The number of nitrogens with zero attached hydrogens (tertiary/aromatic N) is 3. The smallest absolute Gasteiger partial charge is 0.274 e. The molecule has 0 aliphatic carbocycles. The fourth-order valence-corrected chi connectivity index (χ4v) is 2.40. The van der Waals surface area contributed by atoms with Crippen LogP contribution >= 0.6 is 0 Å². The van der Waals surface area contributed by atoms with Crippen molar-refractivity contribution in [1.82, 2.24) is 14.9 Å². The van der Waals surface area contributed by atoms with Gasteiger partial charge in [-0.25, -0.2) is 4.98 Å². The van der Waals surface area contributed by atoms with Crippen LogP contribution in [0.2, 0.25) is 0 Å². The number of carbonyl (C=O) groups excluding carboxylic acids is 1. The molecule has 1 aliphatic rings. The van der Waals surface area contributed by atoms with Crippen molar-refractivity contribution in [2.45, 2.75) is 13.0 Å². The van der Waals surface area contributed by atoms with Gasteiger partial charge in [0.05, 0.1) is 13.3 Å². The third-order valence-electron chi connectivity index (χ3n) is 3.50. The van der Waals surface area contributed by atoms with Crippen LogP contribution in [-0.2, 0) is 13.0 Å². The molecule has 5 heteroatoms. The van der Waals surface area contributed by atoms with Crippen LogP contribution in [0.15, 0.2) is 36.8 Å². The van der Waals surface area contributed by atoms with E-state index in [9.17, 15) is 4.79 Å². The Morgan fingerprint density at radius 3 is 2.95 bits per heavy atom. The molecule has 3 rings (SSSR count). The molecule has 102 valence electrons. The van der Waals surface area contributed by atoms with E-state index >= 15 is 0 Å². The minimum atomic E-state index is -0.0698. The molecule has 0 spiro atoms. The summed E-state index contributed by atoms with van der Waals surface area (Å²) < 4.78 is 5.23. The lowest BCUT2D eigenvalue weighted by Gasteiger charge is -2.28. The van der Waals surface area contributed by atoms with Crippen LogP contribution in [0, 0.1) is 0 Å². The Morgan fingerprint density at radius 2 is 2.20 bits per heavy atom. The normalized spacial score (nSPS) is 13.8. The maximum atomic E-state index is 12.3. The van der Waals surface area contributed by atoms with Crippen LogP contribution in [0.25, 0.3) is 0 Å². The first-order valence-corrected chi connectivity index (χ1v) is 6.49. The van der Waals surface area contributed by atoms with Gasteiger partial charge in [0.25, 0.3) is 5.91 Å². The van der Waals surface area contributed by atoms with Crippen LogP contribution in [0.5, 0.6) is 5.75 Å². The predicted octanol–water partition coefficient (Wildman–Crippen LogP) is 1.68. The van der Waals surface area contributed by atoms with Gasteiger partial charge in [-0.1, -0.05) is 6.07 Å². The Bertz CT molecular complexity index is 628. The van der Waals surface area contributed by atoms with Gasteiger partial charge in [-0.05, 0) is 29.7 Å². The van der Waals surface area contributed by atoms with E-state index in [1.54, 1.807) is 18.2 Å². The zero-order chi connectivity index (χ0) is 13.9. The number of hydrogen-bond donors (Lipinski definition) is 0. The molecule has 0 saturated carbocycles. The van der Waals surface area contributed by atoms with Gasteiger partial charge >= 0.3 is 0 Å². The van der Waals surface area contributed by atoms with E-state index in [0.717, 1.165) is 17.7 Å². The summed E-state index contributed by atoms with van der Waals surface area (Å²) in [6.07, 6.45) is 5.44. The molecule has 5 nitrogen and oxygen atoms in total. The number of carbonyl (C=O) groups is 1. The summed E-state index contributed by atoms with van der Waals surface area (Å²) >= 11 is 0. The summed E-state index contributed by atoms with van der Waals surface area (Å²) in [4.78, 5) is 22.1. The van der Waals surface area contributed by atoms with Crippen molar-refractivity contribution in [3.8, 4) is 5.75 Å². The van der Waals surface area contributed by atoms with Gasteiger partial charge in [0.2, 0.25) is 0 Å². The van der Waals surface area contributed by atoms with E-state index in [2.05, 4.69) is 9.97 Å². The average Bonchev–Trinajstić information content (AvgIpc) is 2.54. The highest BCUT2D eigenvalue weighted by Crippen LogP contribution is 2.24. The Morgan fingerprint density at radius 1 is 1.30 bits per heavy atom. The maximum Gasteiger partial charge on any atom is 0.274 e. The standard InChI is InChI=1S/C15H15N3O2/c1-20-13-3-2-12-10-18(7-4-11(12)8-13)15(19)14-9-16-5-6-17-14/h2-3,5-6,8-9H,4,7,10H2,1H3. The first-order valence-electron chi connectivity index (χ1n) is 6.49. The molecule has 20 heavy (non-hydrogen) atoms. The third kappa shape index (κ3) is 2.34. The molecule has 1 aliphatic heterocycles. The molecule has 2 heterocycles. The van der Waals surface area contributed by atoms with Crippen molar-refractivity contribution in [1.29, 1.82) is 0 Å². The molecule has 1 aromatic carbocycles. The van der Waals surface area contributed by atoms with Crippen LogP contribution in [0.3, 0.4) is 0 Å². The SMILES string of the molecule is COc1ccc2c(c1)CCN(C(=O)c1cnccn1)C2. The van der Waals surface area contributed by atoms with Crippen LogP contribution in [-0.4, -0.2) is 34.4 Å². The second-order valence-electron chi connectivity index (χ2n) is 4.70. The highest BCUT2D eigenvalue weighted by Gasteiger charge is 2.22. The predicted molar refractivity (Wildman–Crippen MR) is 73.5 cm³/mol. The van der Waals surface area contributed by atoms with E-state index in [1.807, 2.05) is 18.2 Å². The summed E-state index contributed by atoms with van der Waals surface area (Å²) in [6.45, 7) is 1.30. The number of methoxy groups -OCH3 is 1. The van der Waals surface area contributed by atoms with E-state index < -0.39 is 0 Å². The summed E-state index contributed by atoms with van der Waals surface area (Å²) in [5.41, 5.74) is 2.80. The van der Waals surface area contributed by atoms with Gasteiger partial charge in [0.15, 0.2) is 0 Å².